The summed E-state index contributed by atoms with van der Waals surface area (Å²) in [7, 11) is 1.92. The van der Waals surface area contributed by atoms with Gasteiger partial charge in [-0.25, -0.2) is 4.98 Å². The maximum absolute atomic E-state index is 12.9. The highest BCUT2D eigenvalue weighted by molar-refractivity contribution is 9.10. The Bertz CT molecular complexity index is 506. The van der Waals surface area contributed by atoms with Gasteiger partial charge in [0.1, 0.15) is 5.82 Å². The lowest BCUT2D eigenvalue weighted by atomic mass is 9.85. The Kier molecular flexibility index (Phi) is 5.62. The summed E-state index contributed by atoms with van der Waals surface area (Å²) in [5, 5.41) is 3.17. The van der Waals surface area contributed by atoms with E-state index in [1.54, 1.807) is 6.20 Å². The summed E-state index contributed by atoms with van der Waals surface area (Å²) in [6.45, 7) is 5.00. The fourth-order valence-electron chi connectivity index (χ4n) is 3.12. The molecule has 4 nitrogen and oxygen atoms in total. The van der Waals surface area contributed by atoms with Crippen LogP contribution in [0.25, 0.3) is 0 Å². The van der Waals surface area contributed by atoms with Crippen molar-refractivity contribution in [3.05, 3.63) is 22.3 Å². The van der Waals surface area contributed by atoms with Gasteiger partial charge in [0.05, 0.1) is 5.56 Å². The van der Waals surface area contributed by atoms with E-state index in [0.29, 0.717) is 23.3 Å². The van der Waals surface area contributed by atoms with Gasteiger partial charge in [-0.15, -0.1) is 0 Å². The highest BCUT2D eigenvalue weighted by Crippen LogP contribution is 2.29. The molecule has 1 aromatic heterocycles. The number of amides is 1. The Balaban J connectivity index is 2.23. The molecule has 21 heavy (non-hydrogen) atoms. The number of pyridine rings is 1. The van der Waals surface area contributed by atoms with Crippen molar-refractivity contribution in [1.82, 2.24) is 9.88 Å². The van der Waals surface area contributed by atoms with Gasteiger partial charge < -0.3 is 10.2 Å². The first-order valence-corrected chi connectivity index (χ1v) is 8.50. The van der Waals surface area contributed by atoms with Crippen molar-refractivity contribution in [2.45, 2.75) is 45.6 Å². The molecular weight excluding hydrogens is 330 g/mol. The van der Waals surface area contributed by atoms with Gasteiger partial charge >= 0.3 is 0 Å². The molecule has 0 spiro atoms. The van der Waals surface area contributed by atoms with Crippen molar-refractivity contribution in [3.8, 4) is 0 Å². The van der Waals surface area contributed by atoms with Crippen LogP contribution in [-0.4, -0.2) is 35.4 Å². The van der Waals surface area contributed by atoms with Gasteiger partial charge in [0.2, 0.25) is 0 Å². The Hall–Kier alpha value is -1.10. The molecule has 2 unspecified atom stereocenters. The average Bonchev–Trinajstić information content (AvgIpc) is 2.48. The number of carbonyl (C=O) groups excluding carboxylic acids is 1. The Morgan fingerprint density at radius 1 is 1.48 bits per heavy atom. The average molecular weight is 354 g/mol. The van der Waals surface area contributed by atoms with Crippen molar-refractivity contribution >= 4 is 27.7 Å². The van der Waals surface area contributed by atoms with Crippen LogP contribution >= 0.6 is 15.9 Å². The third kappa shape index (κ3) is 3.76. The van der Waals surface area contributed by atoms with Gasteiger partial charge in [0, 0.05) is 30.3 Å². The van der Waals surface area contributed by atoms with Crippen LogP contribution in [0.2, 0.25) is 0 Å². The zero-order valence-electron chi connectivity index (χ0n) is 13.0. The smallest absolute Gasteiger partial charge is 0.257 e. The first-order chi connectivity index (χ1) is 10.0. The summed E-state index contributed by atoms with van der Waals surface area (Å²) in [5.41, 5.74) is 0.645. The van der Waals surface area contributed by atoms with Gasteiger partial charge in [0.15, 0.2) is 0 Å². The molecule has 1 N–H and O–H groups in total. The molecule has 5 heteroatoms. The van der Waals surface area contributed by atoms with E-state index in [2.05, 4.69) is 33.2 Å². The molecule has 0 saturated heterocycles. The number of hydrogen-bond donors (Lipinski definition) is 1. The fraction of sp³-hybridized carbons (Fsp3) is 0.625. The number of nitrogens with one attached hydrogen (secondary N) is 1. The Labute approximate surface area is 135 Å². The number of carbonyl (C=O) groups is 1. The number of anilines is 1. The number of aromatic nitrogens is 1. The molecule has 1 fully saturated rings. The minimum atomic E-state index is 0.0542. The molecule has 0 aliphatic heterocycles. The van der Waals surface area contributed by atoms with Gasteiger partial charge in [-0.05, 0) is 47.7 Å². The third-order valence-corrected chi connectivity index (χ3v) is 4.75. The van der Waals surface area contributed by atoms with Crippen molar-refractivity contribution in [1.29, 1.82) is 0 Å². The lowest BCUT2D eigenvalue weighted by Crippen LogP contribution is -2.42. The summed E-state index contributed by atoms with van der Waals surface area (Å²) in [6, 6.07) is 2.19. The van der Waals surface area contributed by atoms with E-state index in [1.165, 1.54) is 19.3 Å². The molecule has 1 heterocycles. The zero-order valence-corrected chi connectivity index (χ0v) is 14.6. The summed E-state index contributed by atoms with van der Waals surface area (Å²) in [6.07, 6.45) is 6.52. The number of nitrogens with zero attached hydrogens (tertiary/aromatic N) is 2. The lowest BCUT2D eigenvalue weighted by Gasteiger charge is -2.36. The van der Waals surface area contributed by atoms with Crippen LogP contribution in [0.5, 0.6) is 0 Å². The van der Waals surface area contributed by atoms with E-state index in [1.807, 2.05) is 24.9 Å². The van der Waals surface area contributed by atoms with Crippen molar-refractivity contribution in [2.24, 2.45) is 5.92 Å². The minimum Gasteiger partial charge on any atom is -0.370 e. The Morgan fingerprint density at radius 3 is 2.86 bits per heavy atom. The second kappa shape index (κ2) is 7.25. The van der Waals surface area contributed by atoms with E-state index >= 15 is 0 Å². The summed E-state index contributed by atoms with van der Waals surface area (Å²) in [5.74, 6) is 1.29. The molecule has 0 aromatic carbocycles. The first kappa shape index (κ1) is 16.3. The van der Waals surface area contributed by atoms with E-state index in [9.17, 15) is 4.79 Å². The van der Waals surface area contributed by atoms with Crippen molar-refractivity contribution in [2.75, 3.05) is 18.9 Å². The maximum Gasteiger partial charge on any atom is 0.257 e. The number of halogens is 1. The van der Waals surface area contributed by atoms with E-state index in [0.717, 1.165) is 17.4 Å². The summed E-state index contributed by atoms with van der Waals surface area (Å²) < 4.78 is 0.831. The molecule has 1 amide bonds. The fourth-order valence-corrected chi connectivity index (χ4v) is 3.45. The maximum atomic E-state index is 12.9. The molecule has 1 aliphatic carbocycles. The monoisotopic (exact) mass is 353 g/mol. The van der Waals surface area contributed by atoms with Crippen LogP contribution in [-0.2, 0) is 0 Å². The Morgan fingerprint density at radius 2 is 2.19 bits per heavy atom. The van der Waals surface area contributed by atoms with Gasteiger partial charge in [0.25, 0.3) is 5.91 Å². The van der Waals surface area contributed by atoms with E-state index in [4.69, 9.17) is 0 Å². The topological polar surface area (TPSA) is 45.2 Å². The highest BCUT2D eigenvalue weighted by atomic mass is 79.9. The van der Waals surface area contributed by atoms with E-state index in [-0.39, 0.29) is 5.91 Å². The van der Waals surface area contributed by atoms with Crippen molar-refractivity contribution in [3.63, 3.8) is 0 Å². The molecule has 116 valence electrons. The second-order valence-electron chi connectivity index (χ2n) is 5.83. The molecular formula is C16H24BrN3O. The quantitative estimate of drug-likeness (QED) is 0.891. The predicted molar refractivity (Wildman–Crippen MR) is 89.6 cm³/mol. The van der Waals surface area contributed by atoms with Crippen molar-refractivity contribution < 1.29 is 4.79 Å². The van der Waals surface area contributed by atoms with Crippen LogP contribution in [0.15, 0.2) is 16.7 Å². The summed E-state index contributed by atoms with van der Waals surface area (Å²) >= 11 is 3.41. The van der Waals surface area contributed by atoms with Crippen LogP contribution in [0.1, 0.15) is 49.9 Å². The molecule has 1 aliphatic rings. The normalized spacial score (nSPS) is 21.9. The van der Waals surface area contributed by atoms with Gasteiger partial charge in [-0.3, -0.25) is 4.79 Å². The van der Waals surface area contributed by atoms with Gasteiger partial charge in [-0.2, -0.15) is 0 Å². The molecule has 1 aromatic rings. The SMILES string of the molecule is CCNc1ncc(Br)cc1C(=O)N(C)C1CCCCC1C. The van der Waals surface area contributed by atoms with Crippen LogP contribution in [0.4, 0.5) is 5.82 Å². The van der Waals surface area contributed by atoms with Gasteiger partial charge in [-0.1, -0.05) is 19.8 Å². The third-order valence-electron chi connectivity index (χ3n) is 4.31. The first-order valence-electron chi connectivity index (χ1n) is 7.71. The van der Waals surface area contributed by atoms with E-state index < -0.39 is 0 Å². The van der Waals surface area contributed by atoms with Crippen LogP contribution < -0.4 is 5.32 Å². The minimum absolute atomic E-state index is 0.0542. The van der Waals surface area contributed by atoms with Crippen LogP contribution in [0, 0.1) is 5.92 Å². The summed E-state index contributed by atoms with van der Waals surface area (Å²) in [4.78, 5) is 19.1. The molecule has 1 saturated carbocycles. The molecule has 0 bridgehead atoms. The number of hydrogen-bond acceptors (Lipinski definition) is 3. The number of rotatable bonds is 4. The predicted octanol–water partition coefficient (Wildman–Crippen LogP) is 3.93. The molecule has 2 rings (SSSR count). The second-order valence-corrected chi connectivity index (χ2v) is 6.74. The highest BCUT2D eigenvalue weighted by Gasteiger charge is 2.29. The van der Waals surface area contributed by atoms with Crippen LogP contribution in [0.3, 0.4) is 0 Å². The molecule has 2 atom stereocenters. The zero-order chi connectivity index (χ0) is 15.4. The lowest BCUT2D eigenvalue weighted by molar-refractivity contribution is 0.0629. The molecule has 0 radical (unpaired) electrons. The largest absolute Gasteiger partial charge is 0.370 e. The standard InChI is InChI=1S/C16H24BrN3O/c1-4-18-15-13(9-12(17)10-19-15)16(21)20(3)14-8-6-5-7-11(14)2/h9-11,14H,4-8H2,1-3H3,(H,18,19).